The van der Waals surface area contributed by atoms with Crippen molar-refractivity contribution in [3.8, 4) is 0 Å². The zero-order valence-corrected chi connectivity index (χ0v) is 22.3. The second-order valence-corrected chi connectivity index (χ2v) is 10.5. The maximum absolute atomic E-state index is 14.0. The van der Waals surface area contributed by atoms with Gasteiger partial charge in [-0.25, -0.2) is 0 Å². The lowest BCUT2D eigenvalue weighted by atomic mass is 9.93. The van der Waals surface area contributed by atoms with Crippen molar-refractivity contribution in [2.45, 2.75) is 69.5 Å². The predicted molar refractivity (Wildman–Crippen MR) is 141 cm³/mol. The Kier molecular flexibility index (Phi) is 8.08. The summed E-state index contributed by atoms with van der Waals surface area (Å²) in [6.07, 6.45) is 3.62. The first-order valence-electron chi connectivity index (χ1n) is 13.6. The summed E-state index contributed by atoms with van der Waals surface area (Å²) in [7, 11) is 1.93. The maximum atomic E-state index is 14.0. The summed E-state index contributed by atoms with van der Waals surface area (Å²) in [6.45, 7) is 3.08. The third kappa shape index (κ3) is 5.74. The Balaban J connectivity index is 1.37. The third-order valence-corrected chi connectivity index (χ3v) is 7.69. The van der Waals surface area contributed by atoms with Gasteiger partial charge < -0.3 is 29.9 Å². The van der Waals surface area contributed by atoms with Gasteiger partial charge in [0.2, 0.25) is 18.1 Å². The highest BCUT2D eigenvalue weighted by Crippen LogP contribution is 2.26. The molecular weight excluding hydrogens is 502 g/mol. The number of aromatic nitrogens is 1. The van der Waals surface area contributed by atoms with Gasteiger partial charge in [-0.1, -0.05) is 37.1 Å². The standard InChI is InChI=1S/C28H35N5O6/c1-3-38-28-21(14-23(34)39-28)31-25(35)22-16-32(2)15-18-9-5-7-11-20(27(37)33(18)22)30-26(36)24-19-10-6-4-8-17(19)12-13-29-24/h4,6,8,10,12-13,18,20-22,28H,3,5,7,9,11,14-16H2,1-2H3,(H,30,36)(H,31,35)/t18-,20-,21?,22-,28?/m0/s1. The monoisotopic (exact) mass is 537 g/mol. The lowest BCUT2D eigenvalue weighted by Crippen LogP contribution is -2.68. The number of carbonyl (C=O) groups is 4. The highest BCUT2D eigenvalue weighted by molar-refractivity contribution is 6.06. The van der Waals surface area contributed by atoms with Gasteiger partial charge >= 0.3 is 5.97 Å². The number of amides is 3. The molecule has 39 heavy (non-hydrogen) atoms. The molecule has 3 aliphatic rings. The molecule has 2 unspecified atom stereocenters. The molecule has 1 aromatic heterocycles. The van der Waals surface area contributed by atoms with Crippen LogP contribution in [0.2, 0.25) is 0 Å². The minimum atomic E-state index is -0.855. The van der Waals surface area contributed by atoms with E-state index in [9.17, 15) is 19.2 Å². The Labute approximate surface area is 227 Å². The fourth-order valence-electron chi connectivity index (χ4n) is 5.87. The molecule has 3 fully saturated rings. The fraction of sp³-hybridized carbons (Fsp3) is 0.536. The number of fused-ring (bicyclic) bond motifs is 2. The van der Waals surface area contributed by atoms with Crippen LogP contribution in [-0.4, -0.2) is 95.7 Å². The first-order valence-corrected chi connectivity index (χ1v) is 13.6. The van der Waals surface area contributed by atoms with Crippen molar-refractivity contribution in [3.05, 3.63) is 42.2 Å². The van der Waals surface area contributed by atoms with E-state index in [1.165, 1.54) is 0 Å². The summed E-state index contributed by atoms with van der Waals surface area (Å²) in [5.74, 6) is -1.50. The molecule has 3 aliphatic heterocycles. The van der Waals surface area contributed by atoms with Gasteiger partial charge in [0, 0.05) is 37.3 Å². The topological polar surface area (TPSA) is 130 Å². The number of rotatable bonds is 6. The summed E-state index contributed by atoms with van der Waals surface area (Å²) < 4.78 is 10.7. The van der Waals surface area contributed by atoms with Crippen LogP contribution in [0, 0.1) is 0 Å². The van der Waals surface area contributed by atoms with E-state index in [4.69, 9.17) is 9.47 Å². The van der Waals surface area contributed by atoms with Gasteiger partial charge in [0.15, 0.2) is 0 Å². The van der Waals surface area contributed by atoms with Crippen molar-refractivity contribution in [2.75, 3.05) is 26.7 Å². The SMILES string of the molecule is CCOC1OC(=O)CC1NC(=O)[C@@H]1CN(C)C[C@@H]2CCCC[C@H](NC(=O)c3nccc4ccccc34)C(=O)N21. The number of hydrogen-bond acceptors (Lipinski definition) is 8. The van der Waals surface area contributed by atoms with Crippen LogP contribution in [0.4, 0.5) is 0 Å². The molecule has 2 aromatic rings. The van der Waals surface area contributed by atoms with E-state index in [1.54, 1.807) is 18.0 Å². The highest BCUT2D eigenvalue weighted by atomic mass is 16.7. The first-order chi connectivity index (χ1) is 18.9. The summed E-state index contributed by atoms with van der Waals surface area (Å²) in [5.41, 5.74) is 0.264. The molecule has 4 heterocycles. The van der Waals surface area contributed by atoms with Gasteiger partial charge in [0.1, 0.15) is 23.8 Å². The zero-order chi connectivity index (χ0) is 27.5. The molecule has 0 spiro atoms. The second kappa shape index (κ2) is 11.7. The van der Waals surface area contributed by atoms with Gasteiger partial charge in [0.05, 0.1) is 6.42 Å². The summed E-state index contributed by atoms with van der Waals surface area (Å²) in [6, 6.07) is 6.95. The molecule has 0 bridgehead atoms. The Morgan fingerprint density at radius 1 is 1.10 bits per heavy atom. The molecule has 3 amide bonds. The molecule has 11 nitrogen and oxygen atoms in total. The van der Waals surface area contributed by atoms with E-state index in [0.29, 0.717) is 31.5 Å². The first kappa shape index (κ1) is 27.0. The Hall–Kier alpha value is -3.57. The number of hydrogen-bond donors (Lipinski definition) is 2. The van der Waals surface area contributed by atoms with E-state index in [2.05, 4.69) is 15.6 Å². The van der Waals surface area contributed by atoms with Crippen LogP contribution in [0.5, 0.6) is 0 Å². The van der Waals surface area contributed by atoms with E-state index in [-0.39, 0.29) is 30.0 Å². The summed E-state index contributed by atoms with van der Waals surface area (Å²) in [4.78, 5) is 60.9. The average Bonchev–Trinajstić information content (AvgIpc) is 3.26. The molecule has 0 aliphatic carbocycles. The van der Waals surface area contributed by atoms with Crippen molar-refractivity contribution in [3.63, 3.8) is 0 Å². The van der Waals surface area contributed by atoms with Gasteiger partial charge in [-0.15, -0.1) is 0 Å². The van der Waals surface area contributed by atoms with E-state index < -0.39 is 36.3 Å². The van der Waals surface area contributed by atoms with Crippen LogP contribution in [0.1, 0.15) is 49.5 Å². The number of piperazine rings is 1. The zero-order valence-electron chi connectivity index (χ0n) is 22.3. The smallest absolute Gasteiger partial charge is 0.310 e. The Bertz CT molecular complexity index is 1250. The average molecular weight is 538 g/mol. The lowest BCUT2D eigenvalue weighted by Gasteiger charge is -2.47. The third-order valence-electron chi connectivity index (χ3n) is 7.69. The Morgan fingerprint density at radius 3 is 2.72 bits per heavy atom. The van der Waals surface area contributed by atoms with Crippen LogP contribution < -0.4 is 10.6 Å². The predicted octanol–water partition coefficient (Wildman–Crippen LogP) is 1.21. The van der Waals surface area contributed by atoms with E-state index >= 15 is 0 Å². The van der Waals surface area contributed by atoms with Crippen molar-refractivity contribution < 1.29 is 28.7 Å². The number of cyclic esters (lactones) is 1. The summed E-state index contributed by atoms with van der Waals surface area (Å²) in [5, 5.41) is 7.42. The summed E-state index contributed by atoms with van der Waals surface area (Å²) >= 11 is 0. The fourth-order valence-corrected chi connectivity index (χ4v) is 5.87. The highest BCUT2D eigenvalue weighted by Gasteiger charge is 2.45. The number of esters is 1. The van der Waals surface area contributed by atoms with Crippen LogP contribution in [0.25, 0.3) is 10.8 Å². The molecule has 3 saturated heterocycles. The Morgan fingerprint density at radius 2 is 1.90 bits per heavy atom. The second-order valence-electron chi connectivity index (χ2n) is 10.5. The van der Waals surface area contributed by atoms with Crippen LogP contribution in [0.3, 0.4) is 0 Å². The minimum absolute atomic E-state index is 0.00700. The molecule has 5 atom stereocenters. The van der Waals surface area contributed by atoms with Crippen molar-refractivity contribution in [2.24, 2.45) is 0 Å². The quantitative estimate of drug-likeness (QED) is 0.526. The number of likely N-dealkylation sites (N-methyl/N-ethyl adjacent to an activating group) is 1. The van der Waals surface area contributed by atoms with E-state index in [1.807, 2.05) is 42.3 Å². The number of ether oxygens (including phenoxy) is 2. The minimum Gasteiger partial charge on any atom is -0.433 e. The van der Waals surface area contributed by atoms with E-state index in [0.717, 1.165) is 24.6 Å². The number of carbonyl (C=O) groups excluding carboxylic acids is 4. The molecular formula is C28H35N5O6. The van der Waals surface area contributed by atoms with Crippen molar-refractivity contribution in [1.29, 1.82) is 0 Å². The van der Waals surface area contributed by atoms with Crippen LogP contribution in [-0.2, 0) is 23.9 Å². The van der Waals surface area contributed by atoms with Gasteiger partial charge in [-0.05, 0) is 38.3 Å². The number of benzene rings is 1. The molecule has 0 saturated carbocycles. The number of nitrogens with one attached hydrogen (secondary N) is 2. The van der Waals surface area contributed by atoms with Crippen LogP contribution in [0.15, 0.2) is 36.5 Å². The number of nitrogens with zero attached hydrogens (tertiary/aromatic N) is 3. The maximum Gasteiger partial charge on any atom is 0.310 e. The van der Waals surface area contributed by atoms with Gasteiger partial charge in [0.25, 0.3) is 5.91 Å². The molecule has 2 N–H and O–H groups in total. The van der Waals surface area contributed by atoms with Crippen molar-refractivity contribution >= 4 is 34.5 Å². The molecule has 208 valence electrons. The molecule has 0 radical (unpaired) electrons. The van der Waals surface area contributed by atoms with Gasteiger partial charge in [-0.2, -0.15) is 0 Å². The largest absolute Gasteiger partial charge is 0.433 e. The lowest BCUT2D eigenvalue weighted by molar-refractivity contribution is -0.165. The van der Waals surface area contributed by atoms with Crippen LogP contribution >= 0.6 is 0 Å². The van der Waals surface area contributed by atoms with Crippen molar-refractivity contribution in [1.82, 2.24) is 25.4 Å². The molecule has 1 aromatic carbocycles. The normalized spacial score (nSPS) is 27.8. The number of pyridine rings is 1. The van der Waals surface area contributed by atoms with Gasteiger partial charge in [-0.3, -0.25) is 24.2 Å². The molecule has 5 rings (SSSR count). The molecule has 11 heteroatoms.